The first kappa shape index (κ1) is 13.8. The van der Waals surface area contributed by atoms with E-state index in [4.69, 9.17) is 5.11 Å². The summed E-state index contributed by atoms with van der Waals surface area (Å²) in [6.45, 7) is 0.834. The standard InChI is InChI=1S/C16H15NO3S/c18-15(17-9-8-12(10-17)16(19)20)14-7-6-13(21-14)11-4-2-1-3-5-11/h1-7,12H,8-10H2,(H,19,20)/t12-/m1/s1. The van der Waals surface area contributed by atoms with E-state index in [0.29, 0.717) is 24.4 Å². The lowest BCUT2D eigenvalue weighted by Gasteiger charge is -2.14. The first-order chi connectivity index (χ1) is 10.1. The van der Waals surface area contributed by atoms with Crippen LogP contribution in [0.25, 0.3) is 10.4 Å². The largest absolute Gasteiger partial charge is 0.481 e. The Kier molecular flexibility index (Phi) is 3.75. The minimum absolute atomic E-state index is 0.0640. The maximum atomic E-state index is 12.4. The summed E-state index contributed by atoms with van der Waals surface area (Å²) in [6.07, 6.45) is 0.540. The predicted molar refractivity (Wildman–Crippen MR) is 81.4 cm³/mol. The van der Waals surface area contributed by atoms with Crippen LogP contribution in [0.2, 0.25) is 0 Å². The lowest BCUT2D eigenvalue weighted by atomic mass is 10.1. The van der Waals surface area contributed by atoms with Gasteiger partial charge in [-0.25, -0.2) is 0 Å². The van der Waals surface area contributed by atoms with Gasteiger partial charge in [-0.05, 0) is 24.1 Å². The van der Waals surface area contributed by atoms with Gasteiger partial charge in [0.15, 0.2) is 0 Å². The van der Waals surface area contributed by atoms with Crippen LogP contribution >= 0.6 is 11.3 Å². The zero-order valence-electron chi connectivity index (χ0n) is 11.4. The summed E-state index contributed by atoms with van der Waals surface area (Å²) in [5.74, 6) is -1.31. The molecular formula is C16H15NO3S. The Morgan fingerprint density at radius 3 is 2.57 bits per heavy atom. The molecule has 4 nitrogen and oxygen atoms in total. The fourth-order valence-corrected chi connectivity index (χ4v) is 3.49. The molecule has 1 aliphatic heterocycles. The highest BCUT2D eigenvalue weighted by Gasteiger charge is 2.31. The van der Waals surface area contributed by atoms with Crippen molar-refractivity contribution < 1.29 is 14.7 Å². The minimum atomic E-state index is -0.818. The third-order valence-electron chi connectivity index (χ3n) is 3.70. The fraction of sp³-hybridized carbons (Fsp3) is 0.250. The van der Waals surface area contributed by atoms with Crippen molar-refractivity contribution in [3.63, 3.8) is 0 Å². The lowest BCUT2D eigenvalue weighted by molar-refractivity contribution is -0.141. The highest BCUT2D eigenvalue weighted by atomic mass is 32.1. The normalized spacial score (nSPS) is 17.9. The summed E-state index contributed by atoms with van der Waals surface area (Å²) in [5, 5.41) is 9.00. The number of carboxylic acids is 1. The molecule has 2 heterocycles. The monoisotopic (exact) mass is 301 g/mol. The number of rotatable bonds is 3. The molecule has 1 N–H and O–H groups in total. The molecule has 108 valence electrons. The van der Waals surface area contributed by atoms with E-state index in [-0.39, 0.29) is 5.91 Å². The molecule has 21 heavy (non-hydrogen) atoms. The first-order valence-electron chi connectivity index (χ1n) is 6.82. The molecule has 1 fully saturated rings. The van der Waals surface area contributed by atoms with E-state index in [2.05, 4.69) is 0 Å². The quantitative estimate of drug-likeness (QED) is 0.948. The molecule has 1 atom stereocenters. The Bertz CT molecular complexity index is 665. The average molecular weight is 301 g/mol. The number of carboxylic acid groups (broad SMARTS) is 1. The van der Waals surface area contributed by atoms with Gasteiger partial charge in [0.25, 0.3) is 5.91 Å². The Morgan fingerprint density at radius 2 is 1.90 bits per heavy atom. The van der Waals surface area contributed by atoms with Crippen molar-refractivity contribution in [3.05, 3.63) is 47.3 Å². The van der Waals surface area contributed by atoms with E-state index in [0.717, 1.165) is 10.4 Å². The van der Waals surface area contributed by atoms with Crippen LogP contribution in [0, 0.1) is 5.92 Å². The fourth-order valence-electron chi connectivity index (χ4n) is 2.51. The molecule has 0 saturated carbocycles. The maximum Gasteiger partial charge on any atom is 0.308 e. The highest BCUT2D eigenvalue weighted by Crippen LogP contribution is 2.29. The number of carbonyl (C=O) groups is 2. The van der Waals surface area contributed by atoms with Crippen LogP contribution in [-0.2, 0) is 4.79 Å². The van der Waals surface area contributed by atoms with Gasteiger partial charge in [0, 0.05) is 18.0 Å². The van der Waals surface area contributed by atoms with Crippen LogP contribution in [0.15, 0.2) is 42.5 Å². The van der Waals surface area contributed by atoms with Crippen LogP contribution in [0.5, 0.6) is 0 Å². The molecule has 1 aromatic heterocycles. The summed E-state index contributed by atoms with van der Waals surface area (Å²) in [4.78, 5) is 26.7. The third-order valence-corrected chi connectivity index (χ3v) is 4.82. The second-order valence-electron chi connectivity index (χ2n) is 5.10. The van der Waals surface area contributed by atoms with Gasteiger partial charge in [0.2, 0.25) is 0 Å². The molecule has 3 rings (SSSR count). The van der Waals surface area contributed by atoms with Gasteiger partial charge in [-0.15, -0.1) is 11.3 Å². The number of likely N-dealkylation sites (tertiary alicyclic amines) is 1. The number of thiophene rings is 1. The molecule has 0 aliphatic carbocycles. The van der Waals surface area contributed by atoms with Gasteiger partial charge in [-0.1, -0.05) is 30.3 Å². The minimum Gasteiger partial charge on any atom is -0.481 e. The molecular weight excluding hydrogens is 286 g/mol. The Morgan fingerprint density at radius 1 is 1.14 bits per heavy atom. The van der Waals surface area contributed by atoms with Crippen LogP contribution in [0.3, 0.4) is 0 Å². The zero-order chi connectivity index (χ0) is 14.8. The van der Waals surface area contributed by atoms with Crippen LogP contribution in [0.1, 0.15) is 16.1 Å². The smallest absolute Gasteiger partial charge is 0.308 e. The number of amides is 1. The van der Waals surface area contributed by atoms with Crippen LogP contribution in [0.4, 0.5) is 0 Å². The second-order valence-corrected chi connectivity index (χ2v) is 6.19. The molecule has 1 amide bonds. The molecule has 0 radical (unpaired) electrons. The average Bonchev–Trinajstić information content (AvgIpc) is 3.17. The number of nitrogens with zero attached hydrogens (tertiary/aromatic N) is 1. The molecule has 1 aliphatic rings. The van der Waals surface area contributed by atoms with E-state index in [1.807, 2.05) is 42.5 Å². The second kappa shape index (κ2) is 5.69. The number of benzene rings is 1. The lowest BCUT2D eigenvalue weighted by Crippen LogP contribution is -2.29. The molecule has 0 unspecified atom stereocenters. The van der Waals surface area contributed by atoms with E-state index < -0.39 is 11.9 Å². The van der Waals surface area contributed by atoms with Crippen LogP contribution in [-0.4, -0.2) is 35.0 Å². The maximum absolute atomic E-state index is 12.4. The van der Waals surface area contributed by atoms with Gasteiger partial charge in [-0.2, -0.15) is 0 Å². The Hall–Kier alpha value is -2.14. The number of hydrogen-bond acceptors (Lipinski definition) is 3. The van der Waals surface area contributed by atoms with Gasteiger partial charge in [-0.3, -0.25) is 9.59 Å². The van der Waals surface area contributed by atoms with Crippen LogP contribution < -0.4 is 0 Å². The molecule has 1 aromatic carbocycles. The predicted octanol–water partition coefficient (Wildman–Crippen LogP) is 2.96. The summed E-state index contributed by atoms with van der Waals surface area (Å²) in [7, 11) is 0. The van der Waals surface area contributed by atoms with E-state index in [9.17, 15) is 9.59 Å². The summed E-state index contributed by atoms with van der Waals surface area (Å²) in [6, 6.07) is 13.7. The summed E-state index contributed by atoms with van der Waals surface area (Å²) >= 11 is 1.45. The van der Waals surface area contributed by atoms with Gasteiger partial charge in [0.05, 0.1) is 10.8 Å². The summed E-state index contributed by atoms with van der Waals surface area (Å²) in [5.41, 5.74) is 1.09. The first-order valence-corrected chi connectivity index (χ1v) is 7.64. The zero-order valence-corrected chi connectivity index (χ0v) is 12.2. The third kappa shape index (κ3) is 2.83. The topological polar surface area (TPSA) is 57.6 Å². The highest BCUT2D eigenvalue weighted by molar-refractivity contribution is 7.17. The van der Waals surface area contributed by atoms with E-state index in [1.165, 1.54) is 11.3 Å². The van der Waals surface area contributed by atoms with Crippen molar-refractivity contribution in [3.8, 4) is 10.4 Å². The van der Waals surface area contributed by atoms with Crippen molar-refractivity contribution in [2.45, 2.75) is 6.42 Å². The van der Waals surface area contributed by atoms with Crippen molar-refractivity contribution in [1.82, 2.24) is 4.90 Å². The Balaban J connectivity index is 1.75. The van der Waals surface area contributed by atoms with Crippen molar-refractivity contribution in [1.29, 1.82) is 0 Å². The molecule has 1 saturated heterocycles. The van der Waals surface area contributed by atoms with Gasteiger partial charge >= 0.3 is 5.97 Å². The van der Waals surface area contributed by atoms with Crippen molar-refractivity contribution in [2.24, 2.45) is 5.92 Å². The molecule has 0 bridgehead atoms. The van der Waals surface area contributed by atoms with E-state index in [1.54, 1.807) is 4.90 Å². The number of carbonyl (C=O) groups excluding carboxylic acids is 1. The SMILES string of the molecule is O=C(O)[C@@H]1CCN(C(=O)c2ccc(-c3ccccc3)s2)C1. The number of hydrogen-bond donors (Lipinski definition) is 1. The van der Waals surface area contributed by atoms with E-state index >= 15 is 0 Å². The van der Waals surface area contributed by atoms with Gasteiger partial charge in [0.1, 0.15) is 0 Å². The van der Waals surface area contributed by atoms with Crippen molar-refractivity contribution in [2.75, 3.05) is 13.1 Å². The van der Waals surface area contributed by atoms with Crippen molar-refractivity contribution >= 4 is 23.2 Å². The molecule has 2 aromatic rings. The molecule has 0 spiro atoms. The molecule has 5 heteroatoms. The number of aliphatic carboxylic acids is 1. The van der Waals surface area contributed by atoms with Gasteiger partial charge < -0.3 is 10.0 Å². The summed E-state index contributed by atoms with van der Waals surface area (Å²) < 4.78 is 0. The Labute approximate surface area is 126 Å².